The second kappa shape index (κ2) is 5.26. The third kappa shape index (κ3) is 2.92. The number of carbonyl (C=O) groups excluding carboxylic acids is 1. The monoisotopic (exact) mass is 259 g/mol. The molecule has 0 aliphatic carbocycles. The summed E-state index contributed by atoms with van der Waals surface area (Å²) in [6.07, 6.45) is 0. The Labute approximate surface area is 110 Å². The molecule has 2 aromatic rings. The van der Waals surface area contributed by atoms with Crippen LogP contribution in [0.5, 0.6) is 11.6 Å². The van der Waals surface area contributed by atoms with E-state index in [0.29, 0.717) is 22.9 Å². The lowest BCUT2D eigenvalue weighted by molar-refractivity contribution is 0.0600. The smallest absolute Gasteiger partial charge is 0.337 e. The highest BCUT2D eigenvalue weighted by Gasteiger charge is 2.06. The van der Waals surface area contributed by atoms with Crippen LogP contribution in [0.15, 0.2) is 36.4 Å². The topological polar surface area (TPSA) is 100 Å². The minimum absolute atomic E-state index is 0.212. The van der Waals surface area contributed by atoms with Crippen molar-refractivity contribution in [3.05, 3.63) is 42.0 Å². The number of hydrogen-bond acceptors (Lipinski definition) is 6. The molecule has 0 bridgehead atoms. The van der Waals surface area contributed by atoms with Gasteiger partial charge in [0.1, 0.15) is 5.75 Å². The van der Waals surface area contributed by atoms with E-state index >= 15 is 0 Å². The number of benzene rings is 1. The van der Waals surface area contributed by atoms with E-state index in [0.717, 1.165) is 0 Å². The minimum Gasteiger partial charge on any atom is -0.465 e. The number of ether oxygens (including phenoxy) is 2. The van der Waals surface area contributed by atoms with Gasteiger partial charge in [-0.05, 0) is 30.3 Å². The van der Waals surface area contributed by atoms with Gasteiger partial charge in [0.25, 0.3) is 0 Å². The maximum atomic E-state index is 11.3. The summed E-state index contributed by atoms with van der Waals surface area (Å²) in [5.41, 5.74) is 12.0. The summed E-state index contributed by atoms with van der Waals surface area (Å²) in [5.74, 6) is 0.673. The van der Waals surface area contributed by atoms with E-state index in [1.165, 1.54) is 7.11 Å². The molecular weight excluding hydrogens is 246 g/mol. The van der Waals surface area contributed by atoms with E-state index in [4.69, 9.17) is 16.2 Å². The average molecular weight is 259 g/mol. The quantitative estimate of drug-likeness (QED) is 0.815. The number of anilines is 2. The Morgan fingerprint density at radius 1 is 1.11 bits per heavy atom. The summed E-state index contributed by atoms with van der Waals surface area (Å²) in [7, 11) is 1.33. The van der Waals surface area contributed by atoms with Crippen LogP contribution in [-0.2, 0) is 4.74 Å². The second-order valence-corrected chi connectivity index (χ2v) is 3.74. The first-order chi connectivity index (χ1) is 9.10. The van der Waals surface area contributed by atoms with Crippen molar-refractivity contribution in [3.8, 4) is 11.6 Å². The van der Waals surface area contributed by atoms with Crippen LogP contribution in [0.25, 0.3) is 0 Å². The van der Waals surface area contributed by atoms with Gasteiger partial charge in [0, 0.05) is 6.07 Å². The highest BCUT2D eigenvalue weighted by Crippen LogP contribution is 2.23. The Bertz CT molecular complexity index is 597. The molecule has 6 nitrogen and oxygen atoms in total. The van der Waals surface area contributed by atoms with Gasteiger partial charge in [0.05, 0.1) is 18.4 Å². The molecule has 0 amide bonds. The maximum absolute atomic E-state index is 11.3. The number of pyridine rings is 1. The van der Waals surface area contributed by atoms with Crippen molar-refractivity contribution in [3.63, 3.8) is 0 Å². The van der Waals surface area contributed by atoms with Crippen molar-refractivity contribution >= 4 is 17.5 Å². The van der Waals surface area contributed by atoms with Crippen molar-refractivity contribution in [2.24, 2.45) is 0 Å². The van der Waals surface area contributed by atoms with Crippen molar-refractivity contribution < 1.29 is 14.3 Å². The molecular formula is C13H13N3O3. The normalized spacial score (nSPS) is 9.95. The number of nitrogens with zero attached hydrogens (tertiary/aromatic N) is 1. The third-order valence-corrected chi connectivity index (χ3v) is 2.43. The Morgan fingerprint density at radius 2 is 1.79 bits per heavy atom. The first-order valence-electron chi connectivity index (χ1n) is 5.48. The molecule has 1 aromatic heterocycles. The Balaban J connectivity index is 2.15. The molecule has 4 N–H and O–H groups in total. The van der Waals surface area contributed by atoms with Crippen molar-refractivity contribution in [1.82, 2.24) is 4.98 Å². The summed E-state index contributed by atoms with van der Waals surface area (Å²) in [6, 6.07) is 9.70. The van der Waals surface area contributed by atoms with Gasteiger partial charge in [-0.25, -0.2) is 4.79 Å². The third-order valence-electron chi connectivity index (χ3n) is 2.43. The predicted molar refractivity (Wildman–Crippen MR) is 70.9 cm³/mol. The van der Waals surface area contributed by atoms with E-state index in [1.54, 1.807) is 36.4 Å². The number of methoxy groups -OCH3 is 1. The van der Waals surface area contributed by atoms with Gasteiger partial charge < -0.3 is 20.9 Å². The van der Waals surface area contributed by atoms with E-state index in [2.05, 4.69) is 9.72 Å². The molecule has 0 fully saturated rings. The summed E-state index contributed by atoms with van der Waals surface area (Å²) in [6.45, 7) is 0. The van der Waals surface area contributed by atoms with Crippen LogP contribution in [0.3, 0.4) is 0 Å². The Hall–Kier alpha value is -2.76. The number of nitrogen functional groups attached to an aromatic ring is 2. The fourth-order valence-electron chi connectivity index (χ4n) is 1.42. The van der Waals surface area contributed by atoms with Crippen LogP contribution in [0.4, 0.5) is 11.5 Å². The molecule has 98 valence electrons. The molecule has 0 saturated carbocycles. The molecule has 0 radical (unpaired) electrons. The highest BCUT2D eigenvalue weighted by atomic mass is 16.5. The van der Waals surface area contributed by atoms with E-state index < -0.39 is 5.97 Å². The van der Waals surface area contributed by atoms with Crippen LogP contribution >= 0.6 is 0 Å². The minimum atomic E-state index is -0.401. The molecule has 1 heterocycles. The van der Waals surface area contributed by atoms with Gasteiger partial charge in [-0.15, -0.1) is 0 Å². The van der Waals surface area contributed by atoms with E-state index in [9.17, 15) is 4.79 Å². The zero-order valence-corrected chi connectivity index (χ0v) is 10.3. The van der Waals surface area contributed by atoms with Crippen LogP contribution in [-0.4, -0.2) is 18.1 Å². The predicted octanol–water partition coefficient (Wildman–Crippen LogP) is 1.82. The molecule has 19 heavy (non-hydrogen) atoms. The molecule has 6 heteroatoms. The molecule has 0 unspecified atom stereocenters. The van der Waals surface area contributed by atoms with Crippen LogP contribution < -0.4 is 16.2 Å². The van der Waals surface area contributed by atoms with Crippen LogP contribution in [0, 0.1) is 0 Å². The number of carbonyl (C=O) groups is 1. The highest BCUT2D eigenvalue weighted by molar-refractivity contribution is 5.89. The molecule has 0 aliphatic rings. The molecule has 2 rings (SSSR count). The average Bonchev–Trinajstić information content (AvgIpc) is 2.43. The molecule has 0 atom stereocenters. The number of nitrogens with two attached hydrogens (primary N) is 2. The van der Waals surface area contributed by atoms with Crippen molar-refractivity contribution in [1.29, 1.82) is 0 Å². The van der Waals surface area contributed by atoms with Crippen LogP contribution in [0.1, 0.15) is 10.4 Å². The van der Waals surface area contributed by atoms with Gasteiger partial charge in [-0.2, -0.15) is 4.98 Å². The SMILES string of the molecule is COC(=O)c1ccc(Oc2ccc(N)c(N)n2)cc1. The standard InChI is InChI=1S/C13H13N3O3/c1-18-13(17)8-2-4-9(5-3-8)19-11-7-6-10(14)12(15)16-11/h2-7H,14H2,1H3,(H2,15,16). The Morgan fingerprint density at radius 3 is 2.37 bits per heavy atom. The molecule has 0 saturated heterocycles. The van der Waals surface area contributed by atoms with Gasteiger partial charge in [0.15, 0.2) is 5.82 Å². The van der Waals surface area contributed by atoms with Crippen molar-refractivity contribution in [2.45, 2.75) is 0 Å². The Kier molecular flexibility index (Phi) is 3.51. The summed E-state index contributed by atoms with van der Waals surface area (Å²) in [4.78, 5) is 15.2. The first kappa shape index (κ1) is 12.7. The lowest BCUT2D eigenvalue weighted by atomic mass is 10.2. The fourth-order valence-corrected chi connectivity index (χ4v) is 1.42. The zero-order chi connectivity index (χ0) is 13.8. The van der Waals surface area contributed by atoms with E-state index in [1.807, 2.05) is 0 Å². The largest absolute Gasteiger partial charge is 0.465 e. The lowest BCUT2D eigenvalue weighted by Crippen LogP contribution is -2.01. The molecule has 0 aliphatic heterocycles. The molecule has 0 spiro atoms. The number of esters is 1. The second-order valence-electron chi connectivity index (χ2n) is 3.74. The molecule has 1 aromatic carbocycles. The summed E-state index contributed by atoms with van der Waals surface area (Å²) >= 11 is 0. The zero-order valence-electron chi connectivity index (χ0n) is 10.3. The van der Waals surface area contributed by atoms with Gasteiger partial charge in [-0.3, -0.25) is 0 Å². The van der Waals surface area contributed by atoms with E-state index in [-0.39, 0.29) is 5.82 Å². The fraction of sp³-hybridized carbons (Fsp3) is 0.0769. The lowest BCUT2D eigenvalue weighted by Gasteiger charge is -2.07. The number of aromatic nitrogens is 1. The van der Waals surface area contributed by atoms with Gasteiger partial charge >= 0.3 is 5.97 Å². The van der Waals surface area contributed by atoms with Crippen LogP contribution in [0.2, 0.25) is 0 Å². The van der Waals surface area contributed by atoms with Gasteiger partial charge in [-0.1, -0.05) is 0 Å². The summed E-state index contributed by atoms with van der Waals surface area (Å²) in [5, 5.41) is 0. The van der Waals surface area contributed by atoms with Gasteiger partial charge in [0.2, 0.25) is 5.88 Å². The number of rotatable bonds is 3. The van der Waals surface area contributed by atoms with Crippen molar-refractivity contribution in [2.75, 3.05) is 18.6 Å². The number of hydrogen-bond donors (Lipinski definition) is 2. The summed E-state index contributed by atoms with van der Waals surface area (Å²) < 4.78 is 10.1. The first-order valence-corrected chi connectivity index (χ1v) is 5.48. The maximum Gasteiger partial charge on any atom is 0.337 e.